The lowest BCUT2D eigenvalue weighted by Gasteiger charge is -2.53. The molecule has 0 unspecified atom stereocenters. The molecule has 3 rings (SSSR count). The van der Waals surface area contributed by atoms with Crippen molar-refractivity contribution < 1.29 is 17.9 Å². The molecule has 2 aliphatic rings. The van der Waals surface area contributed by atoms with E-state index in [1.807, 2.05) is 7.05 Å². The Kier molecular flexibility index (Phi) is 4.72. The molecule has 1 aromatic rings. The highest BCUT2D eigenvalue weighted by atomic mass is 32.2. The Hall–Kier alpha value is -1.02. The normalized spacial score (nSPS) is 29.4. The highest BCUT2D eigenvalue weighted by Crippen LogP contribution is 2.42. The number of aliphatic hydroxyl groups is 1. The molecule has 0 amide bonds. The summed E-state index contributed by atoms with van der Waals surface area (Å²) in [4.78, 5) is 1.87. The SMILES string of the molecule is Cc1ccc(S(=O)(=O)N2CC[C@@]3(CO)CCCN(C)[C@@H]3C2)c(F)c1. The van der Waals surface area contributed by atoms with E-state index in [0.29, 0.717) is 25.1 Å². The first-order chi connectivity index (χ1) is 11.3. The summed E-state index contributed by atoms with van der Waals surface area (Å²) in [5.41, 5.74) is 0.446. The molecule has 0 spiro atoms. The van der Waals surface area contributed by atoms with E-state index in [2.05, 4.69) is 4.90 Å². The van der Waals surface area contributed by atoms with Gasteiger partial charge in [0.1, 0.15) is 10.7 Å². The van der Waals surface area contributed by atoms with Gasteiger partial charge in [-0.2, -0.15) is 4.31 Å². The Bertz CT molecular complexity index is 725. The largest absolute Gasteiger partial charge is 0.396 e. The van der Waals surface area contributed by atoms with Crippen LogP contribution in [0.1, 0.15) is 24.8 Å². The maximum atomic E-state index is 14.2. The summed E-state index contributed by atoms with van der Waals surface area (Å²) in [6, 6.07) is 4.18. The van der Waals surface area contributed by atoms with E-state index < -0.39 is 15.8 Å². The van der Waals surface area contributed by atoms with Crippen LogP contribution in [-0.4, -0.2) is 62.1 Å². The fourth-order valence-electron chi connectivity index (χ4n) is 4.16. The van der Waals surface area contributed by atoms with Gasteiger partial charge in [-0.15, -0.1) is 0 Å². The molecule has 2 heterocycles. The van der Waals surface area contributed by atoms with Gasteiger partial charge in [-0.1, -0.05) is 6.07 Å². The van der Waals surface area contributed by atoms with Crippen molar-refractivity contribution in [1.82, 2.24) is 9.21 Å². The fraction of sp³-hybridized carbons (Fsp3) is 0.647. The highest BCUT2D eigenvalue weighted by molar-refractivity contribution is 7.89. The van der Waals surface area contributed by atoms with Crippen LogP contribution in [0, 0.1) is 18.2 Å². The molecule has 1 N–H and O–H groups in total. The maximum Gasteiger partial charge on any atom is 0.246 e. The number of nitrogens with zero attached hydrogens (tertiary/aromatic N) is 2. The van der Waals surface area contributed by atoms with Crippen LogP contribution in [0.3, 0.4) is 0 Å². The summed E-state index contributed by atoms with van der Waals surface area (Å²) in [6.07, 6.45) is 2.52. The number of likely N-dealkylation sites (tertiary alicyclic amines) is 1. The molecule has 7 heteroatoms. The monoisotopic (exact) mass is 356 g/mol. The molecule has 134 valence electrons. The Balaban J connectivity index is 1.91. The number of aryl methyl sites for hydroxylation is 1. The minimum absolute atomic E-state index is 0.0340. The second-order valence-corrected chi connectivity index (χ2v) is 9.07. The average Bonchev–Trinajstić information content (AvgIpc) is 2.54. The Labute approximate surface area is 143 Å². The van der Waals surface area contributed by atoms with Crippen LogP contribution in [0.2, 0.25) is 0 Å². The zero-order valence-corrected chi connectivity index (χ0v) is 15.0. The molecule has 2 aliphatic heterocycles. The van der Waals surface area contributed by atoms with Gasteiger partial charge in [0, 0.05) is 24.5 Å². The van der Waals surface area contributed by atoms with Crippen LogP contribution in [0.25, 0.3) is 0 Å². The first kappa shape index (κ1) is 17.8. The Morgan fingerprint density at radius 3 is 2.75 bits per heavy atom. The third-order valence-electron chi connectivity index (χ3n) is 5.68. The number of halogens is 1. The van der Waals surface area contributed by atoms with Crippen molar-refractivity contribution in [2.45, 2.75) is 37.1 Å². The zero-order valence-electron chi connectivity index (χ0n) is 14.2. The van der Waals surface area contributed by atoms with Gasteiger partial charge in [0.05, 0.1) is 6.61 Å². The van der Waals surface area contributed by atoms with E-state index in [0.717, 1.165) is 19.4 Å². The quantitative estimate of drug-likeness (QED) is 0.894. The van der Waals surface area contributed by atoms with Crippen molar-refractivity contribution in [3.63, 3.8) is 0 Å². The van der Waals surface area contributed by atoms with Crippen LogP contribution >= 0.6 is 0 Å². The van der Waals surface area contributed by atoms with Gasteiger partial charge < -0.3 is 10.0 Å². The zero-order chi connectivity index (χ0) is 17.5. The number of fused-ring (bicyclic) bond motifs is 1. The van der Waals surface area contributed by atoms with Crippen molar-refractivity contribution in [3.8, 4) is 0 Å². The van der Waals surface area contributed by atoms with Gasteiger partial charge >= 0.3 is 0 Å². The van der Waals surface area contributed by atoms with Gasteiger partial charge in [-0.3, -0.25) is 0 Å². The molecule has 24 heavy (non-hydrogen) atoms. The predicted octanol–water partition coefficient (Wildman–Crippen LogP) is 1.60. The first-order valence-electron chi connectivity index (χ1n) is 8.37. The Morgan fingerprint density at radius 2 is 2.08 bits per heavy atom. The Morgan fingerprint density at radius 1 is 1.33 bits per heavy atom. The van der Waals surface area contributed by atoms with Crippen molar-refractivity contribution >= 4 is 10.0 Å². The molecule has 0 aliphatic carbocycles. The number of aliphatic hydroxyl groups excluding tert-OH is 1. The van der Waals surface area contributed by atoms with E-state index in [-0.39, 0.29) is 23.0 Å². The molecule has 0 bridgehead atoms. The van der Waals surface area contributed by atoms with Gasteiger partial charge in [-0.25, -0.2) is 12.8 Å². The lowest BCUT2D eigenvalue weighted by Crippen LogP contribution is -2.62. The molecule has 0 radical (unpaired) electrons. The summed E-state index contributed by atoms with van der Waals surface area (Å²) < 4.78 is 41.4. The molecule has 2 atom stereocenters. The highest BCUT2D eigenvalue weighted by Gasteiger charge is 2.48. The number of benzene rings is 1. The third kappa shape index (κ3) is 2.87. The maximum absolute atomic E-state index is 14.2. The summed E-state index contributed by atoms with van der Waals surface area (Å²) in [7, 11) is -1.90. The lowest BCUT2D eigenvalue weighted by atomic mass is 9.69. The molecule has 0 saturated carbocycles. The molecule has 1 aromatic carbocycles. The van der Waals surface area contributed by atoms with Gasteiger partial charge in [0.15, 0.2) is 0 Å². The van der Waals surface area contributed by atoms with E-state index in [1.54, 1.807) is 13.0 Å². The number of piperidine rings is 2. The summed E-state index contributed by atoms with van der Waals surface area (Å²) in [5.74, 6) is -0.703. The molecular weight excluding hydrogens is 331 g/mol. The van der Waals surface area contributed by atoms with Crippen LogP contribution < -0.4 is 0 Å². The number of hydrogen-bond acceptors (Lipinski definition) is 4. The number of hydrogen-bond donors (Lipinski definition) is 1. The van der Waals surface area contributed by atoms with Crippen molar-refractivity contribution in [2.24, 2.45) is 5.41 Å². The van der Waals surface area contributed by atoms with E-state index in [9.17, 15) is 17.9 Å². The van der Waals surface area contributed by atoms with Crippen molar-refractivity contribution in [1.29, 1.82) is 0 Å². The predicted molar refractivity (Wildman–Crippen MR) is 89.7 cm³/mol. The smallest absolute Gasteiger partial charge is 0.246 e. The molecule has 0 aromatic heterocycles. The van der Waals surface area contributed by atoms with E-state index in [4.69, 9.17) is 0 Å². The first-order valence-corrected chi connectivity index (χ1v) is 9.82. The van der Waals surface area contributed by atoms with Crippen LogP contribution in [-0.2, 0) is 10.0 Å². The van der Waals surface area contributed by atoms with Gasteiger partial charge in [0.2, 0.25) is 10.0 Å². The molecule has 2 fully saturated rings. The number of sulfonamides is 1. The molecular formula is C17H25FN2O3S. The standard InChI is InChI=1S/C17H25FN2O3S/c1-13-4-5-15(14(18)10-13)24(22,23)20-9-7-17(12-21)6-3-8-19(2)16(17)11-20/h4-5,10,16,21H,3,6-9,11-12H2,1-2H3/t16-,17-/m1/s1. The number of likely N-dealkylation sites (N-methyl/N-ethyl adjacent to an activating group) is 1. The van der Waals surface area contributed by atoms with E-state index >= 15 is 0 Å². The van der Waals surface area contributed by atoms with Gasteiger partial charge in [-0.05, 0) is 57.5 Å². The van der Waals surface area contributed by atoms with Crippen molar-refractivity contribution in [3.05, 3.63) is 29.6 Å². The van der Waals surface area contributed by atoms with Crippen LogP contribution in [0.4, 0.5) is 4.39 Å². The fourth-order valence-corrected chi connectivity index (χ4v) is 5.66. The summed E-state index contributed by atoms with van der Waals surface area (Å²) >= 11 is 0. The van der Waals surface area contributed by atoms with E-state index in [1.165, 1.54) is 16.4 Å². The number of rotatable bonds is 3. The second-order valence-electron chi connectivity index (χ2n) is 7.17. The average molecular weight is 356 g/mol. The lowest BCUT2D eigenvalue weighted by molar-refractivity contribution is -0.0508. The van der Waals surface area contributed by atoms with Crippen LogP contribution in [0.15, 0.2) is 23.1 Å². The summed E-state index contributed by atoms with van der Waals surface area (Å²) in [6.45, 7) is 3.30. The topological polar surface area (TPSA) is 60.9 Å². The second kappa shape index (κ2) is 6.37. The molecule has 5 nitrogen and oxygen atoms in total. The van der Waals surface area contributed by atoms with Crippen LogP contribution in [0.5, 0.6) is 0 Å². The minimum atomic E-state index is -3.87. The molecule has 2 saturated heterocycles. The third-order valence-corrected chi connectivity index (χ3v) is 7.58. The van der Waals surface area contributed by atoms with Gasteiger partial charge in [0.25, 0.3) is 0 Å². The minimum Gasteiger partial charge on any atom is -0.396 e. The van der Waals surface area contributed by atoms with Crippen molar-refractivity contribution in [2.75, 3.05) is 33.3 Å². The summed E-state index contributed by atoms with van der Waals surface area (Å²) in [5, 5.41) is 9.92.